The second kappa shape index (κ2) is 5.83. The van der Waals surface area contributed by atoms with Crippen LogP contribution in [0.3, 0.4) is 0 Å². The van der Waals surface area contributed by atoms with Crippen LogP contribution in [0.5, 0.6) is 0 Å². The number of thioether (sulfide) groups is 1. The quantitative estimate of drug-likeness (QED) is 0.816. The lowest BCUT2D eigenvalue weighted by Gasteiger charge is -2.02. The maximum atomic E-state index is 12.5. The van der Waals surface area contributed by atoms with Crippen molar-refractivity contribution in [2.75, 3.05) is 0 Å². The molecule has 1 aromatic rings. The predicted molar refractivity (Wildman–Crippen MR) is 79.2 cm³/mol. The number of aromatic amines is 1. The van der Waals surface area contributed by atoms with Crippen molar-refractivity contribution in [3.05, 3.63) is 28.4 Å². The van der Waals surface area contributed by atoms with Gasteiger partial charge >= 0.3 is 6.18 Å². The van der Waals surface area contributed by atoms with Crippen LogP contribution in [0.15, 0.2) is 22.2 Å². The molecule has 1 saturated heterocycles. The Morgan fingerprint density at radius 1 is 1.32 bits per heavy atom. The highest BCUT2D eigenvalue weighted by molar-refractivity contribution is 8.18. The van der Waals surface area contributed by atoms with Gasteiger partial charge < -0.3 is 10.3 Å². The average molecular weight is 329 g/mol. The SMILES string of the molecule is O=C1NC(=NC2CCCC2)SC1=Cc1c[nH]c(C(F)(F)F)c1. The number of carbonyl (C=O) groups excluding carboxylic acids is 1. The number of aromatic nitrogens is 1. The first kappa shape index (κ1) is 15.2. The molecule has 8 heteroatoms. The highest BCUT2D eigenvalue weighted by atomic mass is 32.2. The number of halogens is 3. The first-order valence-corrected chi connectivity index (χ1v) is 7.78. The van der Waals surface area contributed by atoms with E-state index < -0.39 is 11.9 Å². The van der Waals surface area contributed by atoms with E-state index in [4.69, 9.17) is 0 Å². The molecule has 0 atom stereocenters. The molecule has 0 unspecified atom stereocenters. The van der Waals surface area contributed by atoms with Gasteiger partial charge in [-0.3, -0.25) is 9.79 Å². The summed E-state index contributed by atoms with van der Waals surface area (Å²) >= 11 is 1.17. The third-order valence-electron chi connectivity index (χ3n) is 3.58. The number of nitrogens with one attached hydrogen (secondary N) is 2. The monoisotopic (exact) mass is 329 g/mol. The van der Waals surface area contributed by atoms with Crippen LogP contribution < -0.4 is 5.32 Å². The normalized spacial score (nSPS) is 23.7. The standard InChI is InChI=1S/C14H14F3N3OS/c15-14(16,17)11-6-8(7-18-11)5-10-12(21)20-13(22-10)19-9-3-1-2-4-9/h5-7,9,18H,1-4H2,(H,19,20,21). The Morgan fingerprint density at radius 3 is 2.68 bits per heavy atom. The minimum Gasteiger partial charge on any atom is -0.357 e. The van der Waals surface area contributed by atoms with E-state index in [-0.39, 0.29) is 11.9 Å². The molecule has 0 aromatic carbocycles. The first-order valence-electron chi connectivity index (χ1n) is 6.96. The number of aliphatic imine (C=N–C) groups is 1. The van der Waals surface area contributed by atoms with E-state index in [1.807, 2.05) is 0 Å². The molecule has 0 radical (unpaired) electrons. The first-order chi connectivity index (χ1) is 10.4. The summed E-state index contributed by atoms with van der Waals surface area (Å²) in [5.74, 6) is -0.323. The Balaban J connectivity index is 1.74. The zero-order valence-electron chi connectivity index (χ0n) is 11.5. The van der Waals surface area contributed by atoms with Gasteiger partial charge in [0.1, 0.15) is 5.69 Å². The van der Waals surface area contributed by atoms with E-state index in [2.05, 4.69) is 15.3 Å². The van der Waals surface area contributed by atoms with Crippen LogP contribution in [0.2, 0.25) is 0 Å². The maximum Gasteiger partial charge on any atom is 0.431 e. The number of hydrogen-bond donors (Lipinski definition) is 2. The van der Waals surface area contributed by atoms with Gasteiger partial charge in [0.2, 0.25) is 0 Å². The van der Waals surface area contributed by atoms with Crippen LogP contribution in [0.4, 0.5) is 13.2 Å². The molecule has 2 fully saturated rings. The van der Waals surface area contributed by atoms with Crippen molar-refractivity contribution in [2.45, 2.75) is 37.9 Å². The van der Waals surface area contributed by atoms with Gasteiger partial charge in [0.15, 0.2) is 5.17 Å². The van der Waals surface area contributed by atoms with Crippen LogP contribution in [0.1, 0.15) is 36.9 Å². The van der Waals surface area contributed by atoms with Gasteiger partial charge in [-0.25, -0.2) is 0 Å². The third-order valence-corrected chi connectivity index (χ3v) is 4.51. The second-order valence-electron chi connectivity index (χ2n) is 5.28. The lowest BCUT2D eigenvalue weighted by molar-refractivity contribution is -0.140. The molecule has 22 heavy (non-hydrogen) atoms. The molecule has 118 valence electrons. The highest BCUT2D eigenvalue weighted by Crippen LogP contribution is 2.31. The minimum atomic E-state index is -4.42. The van der Waals surface area contributed by atoms with Crippen LogP contribution in [0, 0.1) is 0 Å². The van der Waals surface area contributed by atoms with E-state index >= 15 is 0 Å². The van der Waals surface area contributed by atoms with E-state index in [1.165, 1.54) is 24.0 Å². The molecule has 2 N–H and O–H groups in total. The number of amides is 1. The fourth-order valence-corrected chi connectivity index (χ4v) is 3.39. The van der Waals surface area contributed by atoms with E-state index in [0.29, 0.717) is 15.6 Å². The largest absolute Gasteiger partial charge is 0.431 e. The zero-order valence-corrected chi connectivity index (χ0v) is 12.4. The summed E-state index contributed by atoms with van der Waals surface area (Å²) in [4.78, 5) is 18.8. The van der Waals surface area contributed by atoms with Crippen molar-refractivity contribution < 1.29 is 18.0 Å². The lowest BCUT2D eigenvalue weighted by atomic mass is 10.2. The summed E-state index contributed by atoms with van der Waals surface area (Å²) in [6.07, 6.45) is 2.58. The smallest absolute Gasteiger partial charge is 0.357 e. The number of carbonyl (C=O) groups is 1. The van der Waals surface area contributed by atoms with E-state index in [1.54, 1.807) is 0 Å². The average Bonchev–Trinajstić information content (AvgIpc) is 3.12. The second-order valence-corrected chi connectivity index (χ2v) is 6.31. The molecule has 1 amide bonds. The number of nitrogens with zero attached hydrogens (tertiary/aromatic N) is 1. The van der Waals surface area contributed by atoms with E-state index in [9.17, 15) is 18.0 Å². The summed E-state index contributed by atoms with van der Waals surface area (Å²) in [7, 11) is 0. The van der Waals surface area contributed by atoms with Gasteiger partial charge in [-0.05, 0) is 42.3 Å². The fraction of sp³-hybridized carbons (Fsp3) is 0.429. The Labute approximate surface area is 129 Å². The molecular weight excluding hydrogens is 315 g/mol. The van der Waals surface area contributed by atoms with Crippen LogP contribution in [-0.2, 0) is 11.0 Å². The van der Waals surface area contributed by atoms with Gasteiger partial charge in [0, 0.05) is 6.20 Å². The van der Waals surface area contributed by atoms with Crippen molar-refractivity contribution in [3.63, 3.8) is 0 Å². The summed E-state index contributed by atoms with van der Waals surface area (Å²) in [5.41, 5.74) is -0.519. The highest BCUT2D eigenvalue weighted by Gasteiger charge is 2.32. The molecule has 4 nitrogen and oxygen atoms in total. The lowest BCUT2D eigenvalue weighted by Crippen LogP contribution is -2.21. The minimum absolute atomic E-state index is 0.242. The van der Waals surface area contributed by atoms with Gasteiger partial charge in [0.05, 0.1) is 10.9 Å². The summed E-state index contributed by atoms with van der Waals surface area (Å²) in [6.45, 7) is 0. The number of rotatable bonds is 2. The Morgan fingerprint density at radius 2 is 2.05 bits per heavy atom. The molecule has 2 heterocycles. The van der Waals surface area contributed by atoms with Crippen molar-refractivity contribution in [2.24, 2.45) is 4.99 Å². The fourth-order valence-electron chi connectivity index (χ4n) is 2.50. The Bertz CT molecular complexity index is 642. The number of alkyl halides is 3. The summed E-state index contributed by atoms with van der Waals surface area (Å²) in [5, 5.41) is 3.20. The van der Waals surface area contributed by atoms with Crippen LogP contribution in [-0.4, -0.2) is 22.1 Å². The van der Waals surface area contributed by atoms with Crippen molar-refractivity contribution in [1.82, 2.24) is 10.3 Å². The Kier molecular flexibility index (Phi) is 4.03. The van der Waals surface area contributed by atoms with Crippen molar-refractivity contribution >= 4 is 28.9 Å². The maximum absolute atomic E-state index is 12.5. The van der Waals surface area contributed by atoms with Crippen LogP contribution >= 0.6 is 11.8 Å². The predicted octanol–water partition coefficient (Wildman–Crippen LogP) is 3.54. The molecule has 1 aliphatic carbocycles. The number of H-pyrrole nitrogens is 1. The molecule has 0 spiro atoms. The van der Waals surface area contributed by atoms with Crippen molar-refractivity contribution in [3.8, 4) is 0 Å². The Hall–Kier alpha value is -1.70. The third kappa shape index (κ3) is 3.37. The number of amidine groups is 1. The molecule has 1 aromatic heterocycles. The van der Waals surface area contributed by atoms with Gasteiger partial charge in [-0.2, -0.15) is 13.2 Å². The molecular formula is C14H14F3N3OS. The topological polar surface area (TPSA) is 57.2 Å². The molecule has 2 aliphatic rings. The molecule has 1 saturated carbocycles. The molecule has 3 rings (SSSR count). The summed E-state index contributed by atoms with van der Waals surface area (Å²) < 4.78 is 37.6. The van der Waals surface area contributed by atoms with Crippen molar-refractivity contribution in [1.29, 1.82) is 0 Å². The van der Waals surface area contributed by atoms with Gasteiger partial charge in [0.25, 0.3) is 5.91 Å². The zero-order chi connectivity index (χ0) is 15.7. The number of hydrogen-bond acceptors (Lipinski definition) is 3. The van der Waals surface area contributed by atoms with Gasteiger partial charge in [-0.15, -0.1) is 0 Å². The van der Waals surface area contributed by atoms with E-state index in [0.717, 1.165) is 31.7 Å². The van der Waals surface area contributed by atoms with Crippen LogP contribution in [0.25, 0.3) is 6.08 Å². The molecule has 0 bridgehead atoms. The van der Waals surface area contributed by atoms with Gasteiger partial charge in [-0.1, -0.05) is 12.8 Å². The molecule has 1 aliphatic heterocycles. The summed E-state index contributed by atoms with van der Waals surface area (Å²) in [6, 6.07) is 1.22.